The monoisotopic (exact) mass is 317 g/mol. The van der Waals surface area contributed by atoms with Crippen LogP contribution in [0.15, 0.2) is 17.0 Å². The molecule has 0 amide bonds. The fraction of sp³-hybridized carbons (Fsp3) is 0.571. The Hall–Kier alpha value is -0.780. The zero-order chi connectivity index (χ0) is 14.8. The largest absolute Gasteiger partial charge is 0.492 e. The highest BCUT2D eigenvalue weighted by Crippen LogP contribution is 2.28. The standard InChI is InChI=1S/C14H20ClNO3S/c1-11-12(2)14(20(15,17)18)6-5-13(11)19-10-9-16-7-3-4-8-16/h5-6H,3-4,7-10H2,1-2H3. The molecule has 2 rings (SSSR count). The molecule has 0 spiro atoms. The first-order valence-electron chi connectivity index (χ1n) is 6.79. The van der Waals surface area contributed by atoms with Crippen LogP contribution in [0.3, 0.4) is 0 Å². The van der Waals surface area contributed by atoms with Gasteiger partial charge in [0.2, 0.25) is 0 Å². The summed E-state index contributed by atoms with van der Waals surface area (Å²) < 4.78 is 28.6. The van der Waals surface area contributed by atoms with E-state index in [0.717, 1.165) is 30.9 Å². The van der Waals surface area contributed by atoms with Crippen LogP contribution in [-0.2, 0) is 9.05 Å². The van der Waals surface area contributed by atoms with Crippen molar-refractivity contribution >= 4 is 19.7 Å². The normalized spacial score (nSPS) is 16.6. The van der Waals surface area contributed by atoms with Crippen molar-refractivity contribution in [2.45, 2.75) is 31.6 Å². The molecule has 0 aromatic heterocycles. The third-order valence-electron chi connectivity index (χ3n) is 3.81. The highest BCUT2D eigenvalue weighted by Gasteiger charge is 2.17. The Morgan fingerprint density at radius 2 is 1.85 bits per heavy atom. The van der Waals surface area contributed by atoms with E-state index in [0.29, 0.717) is 12.2 Å². The van der Waals surface area contributed by atoms with Gasteiger partial charge in [0.25, 0.3) is 9.05 Å². The molecule has 1 fully saturated rings. The van der Waals surface area contributed by atoms with Crippen LogP contribution in [0.5, 0.6) is 5.75 Å². The SMILES string of the molecule is Cc1c(OCCN2CCCC2)ccc(S(=O)(=O)Cl)c1C. The van der Waals surface area contributed by atoms with Crippen molar-refractivity contribution in [1.29, 1.82) is 0 Å². The van der Waals surface area contributed by atoms with Crippen LogP contribution in [0.25, 0.3) is 0 Å². The van der Waals surface area contributed by atoms with Crippen molar-refractivity contribution in [1.82, 2.24) is 4.90 Å². The average Bonchev–Trinajstić information content (AvgIpc) is 2.86. The molecule has 1 aromatic carbocycles. The van der Waals surface area contributed by atoms with E-state index >= 15 is 0 Å². The van der Waals surface area contributed by atoms with Crippen LogP contribution in [0.1, 0.15) is 24.0 Å². The third-order valence-corrected chi connectivity index (χ3v) is 5.28. The molecule has 1 heterocycles. The lowest BCUT2D eigenvalue weighted by Gasteiger charge is -2.17. The lowest BCUT2D eigenvalue weighted by Crippen LogP contribution is -2.25. The summed E-state index contributed by atoms with van der Waals surface area (Å²) in [5, 5.41) is 0. The third kappa shape index (κ3) is 3.65. The smallest absolute Gasteiger partial charge is 0.261 e. The lowest BCUT2D eigenvalue weighted by atomic mass is 10.1. The van der Waals surface area contributed by atoms with Crippen molar-refractivity contribution < 1.29 is 13.2 Å². The molecule has 0 aliphatic carbocycles. The van der Waals surface area contributed by atoms with E-state index in [1.807, 2.05) is 6.92 Å². The first-order valence-corrected chi connectivity index (χ1v) is 9.10. The molecule has 0 bridgehead atoms. The first-order chi connectivity index (χ1) is 9.39. The van der Waals surface area contributed by atoms with Crippen LogP contribution < -0.4 is 4.74 Å². The molecule has 6 heteroatoms. The van der Waals surface area contributed by atoms with Gasteiger partial charge in [0.1, 0.15) is 12.4 Å². The van der Waals surface area contributed by atoms with Crippen molar-refractivity contribution in [3.63, 3.8) is 0 Å². The molecule has 1 aromatic rings. The molecule has 0 saturated carbocycles. The van der Waals surface area contributed by atoms with Crippen LogP contribution in [-0.4, -0.2) is 39.6 Å². The Kier molecular flexibility index (Phi) is 4.94. The van der Waals surface area contributed by atoms with Crippen LogP contribution in [0.2, 0.25) is 0 Å². The predicted octanol–water partition coefficient (Wildman–Crippen LogP) is 2.71. The van der Waals surface area contributed by atoms with Crippen molar-refractivity contribution in [3.05, 3.63) is 23.3 Å². The predicted molar refractivity (Wildman–Crippen MR) is 80.1 cm³/mol. The molecule has 0 N–H and O–H groups in total. The number of nitrogens with zero attached hydrogens (tertiary/aromatic N) is 1. The second-order valence-electron chi connectivity index (χ2n) is 5.15. The minimum atomic E-state index is -3.70. The van der Waals surface area contributed by atoms with Crippen molar-refractivity contribution in [2.75, 3.05) is 26.2 Å². The second-order valence-corrected chi connectivity index (χ2v) is 7.68. The summed E-state index contributed by atoms with van der Waals surface area (Å²) in [5.41, 5.74) is 1.48. The number of halogens is 1. The van der Waals surface area contributed by atoms with Crippen LogP contribution in [0.4, 0.5) is 0 Å². The number of hydrogen-bond acceptors (Lipinski definition) is 4. The molecule has 1 saturated heterocycles. The van der Waals surface area contributed by atoms with Gasteiger partial charge in [0, 0.05) is 17.2 Å². The Labute approximate surface area is 125 Å². The number of benzene rings is 1. The minimum Gasteiger partial charge on any atom is -0.492 e. The zero-order valence-corrected chi connectivity index (χ0v) is 13.4. The van der Waals surface area contributed by atoms with Gasteiger partial charge in [-0.15, -0.1) is 0 Å². The molecule has 112 valence electrons. The van der Waals surface area contributed by atoms with E-state index in [4.69, 9.17) is 15.4 Å². The van der Waals surface area contributed by atoms with E-state index < -0.39 is 9.05 Å². The fourth-order valence-electron chi connectivity index (χ4n) is 2.48. The fourth-order valence-corrected chi connectivity index (χ4v) is 3.73. The van der Waals surface area contributed by atoms with Gasteiger partial charge >= 0.3 is 0 Å². The molecule has 1 aliphatic heterocycles. The summed E-state index contributed by atoms with van der Waals surface area (Å²) in [6.45, 7) is 7.42. The molecular weight excluding hydrogens is 298 g/mol. The van der Waals surface area contributed by atoms with Gasteiger partial charge < -0.3 is 4.74 Å². The molecule has 1 aliphatic rings. The Morgan fingerprint density at radius 3 is 2.45 bits per heavy atom. The molecule has 20 heavy (non-hydrogen) atoms. The summed E-state index contributed by atoms with van der Waals surface area (Å²) in [4.78, 5) is 2.53. The van der Waals surface area contributed by atoms with Crippen LogP contribution >= 0.6 is 10.7 Å². The lowest BCUT2D eigenvalue weighted by molar-refractivity contribution is 0.236. The van der Waals surface area contributed by atoms with Gasteiger partial charge in [-0.2, -0.15) is 0 Å². The first kappa shape index (κ1) is 15.6. The van der Waals surface area contributed by atoms with E-state index in [1.165, 1.54) is 18.9 Å². The molecule has 0 radical (unpaired) electrons. The van der Waals surface area contributed by atoms with Gasteiger partial charge in [0.05, 0.1) is 4.90 Å². The molecule has 0 unspecified atom stereocenters. The Balaban J connectivity index is 2.04. The minimum absolute atomic E-state index is 0.156. The summed E-state index contributed by atoms with van der Waals surface area (Å²) in [6.07, 6.45) is 2.53. The highest BCUT2D eigenvalue weighted by molar-refractivity contribution is 8.13. The van der Waals surface area contributed by atoms with Crippen LogP contribution in [0, 0.1) is 13.8 Å². The van der Waals surface area contributed by atoms with Crippen molar-refractivity contribution in [2.24, 2.45) is 0 Å². The van der Waals surface area contributed by atoms with E-state index in [-0.39, 0.29) is 4.90 Å². The number of rotatable bonds is 5. The Morgan fingerprint density at radius 1 is 1.20 bits per heavy atom. The number of ether oxygens (including phenoxy) is 1. The number of hydrogen-bond donors (Lipinski definition) is 0. The average molecular weight is 318 g/mol. The maximum Gasteiger partial charge on any atom is 0.261 e. The Bertz CT molecular complexity index is 580. The molecular formula is C14H20ClNO3S. The van der Waals surface area contributed by atoms with Gasteiger partial charge in [-0.25, -0.2) is 8.42 Å². The van der Waals surface area contributed by atoms with E-state index in [2.05, 4.69) is 4.90 Å². The molecule has 4 nitrogen and oxygen atoms in total. The van der Waals surface area contributed by atoms with E-state index in [9.17, 15) is 8.42 Å². The summed E-state index contributed by atoms with van der Waals surface area (Å²) in [7, 11) is 1.71. The van der Waals surface area contributed by atoms with Gasteiger partial charge in [-0.1, -0.05) is 0 Å². The highest BCUT2D eigenvalue weighted by atomic mass is 35.7. The van der Waals surface area contributed by atoms with Gasteiger partial charge in [0.15, 0.2) is 0 Å². The summed E-state index contributed by atoms with van der Waals surface area (Å²) in [5.74, 6) is 0.728. The topological polar surface area (TPSA) is 46.6 Å². The maximum absolute atomic E-state index is 11.4. The summed E-state index contributed by atoms with van der Waals surface area (Å²) in [6, 6.07) is 3.19. The van der Waals surface area contributed by atoms with Gasteiger partial charge in [-0.3, -0.25) is 4.90 Å². The quantitative estimate of drug-likeness (QED) is 0.783. The maximum atomic E-state index is 11.4. The second kappa shape index (κ2) is 6.33. The number of likely N-dealkylation sites (tertiary alicyclic amines) is 1. The zero-order valence-electron chi connectivity index (χ0n) is 11.9. The van der Waals surface area contributed by atoms with Gasteiger partial charge in [-0.05, 0) is 63.0 Å². The van der Waals surface area contributed by atoms with E-state index in [1.54, 1.807) is 13.0 Å². The summed E-state index contributed by atoms with van der Waals surface area (Å²) >= 11 is 0. The van der Waals surface area contributed by atoms with Crippen molar-refractivity contribution in [3.8, 4) is 5.75 Å². The molecule has 0 atom stereocenters.